The first-order valence-corrected chi connectivity index (χ1v) is 19.9. The van der Waals surface area contributed by atoms with E-state index >= 15 is 0 Å². The Morgan fingerprint density at radius 3 is 1.00 bits per heavy atom. The van der Waals surface area contributed by atoms with E-state index in [9.17, 15) is 0 Å². The maximum Gasteiger partial charge on any atom is 0.223 e. The van der Waals surface area contributed by atoms with E-state index < -0.39 is 12.6 Å². The van der Waals surface area contributed by atoms with Crippen molar-refractivity contribution < 1.29 is 33.2 Å². The molecule has 7 nitrogen and oxygen atoms in total. The van der Waals surface area contributed by atoms with Crippen LogP contribution in [-0.2, 0) is 33.2 Å². The molecule has 0 amide bonds. The summed E-state index contributed by atoms with van der Waals surface area (Å²) in [4.78, 5) is 0. The highest BCUT2D eigenvalue weighted by atomic mass is 16.8. The smallest absolute Gasteiger partial charge is 0.223 e. The molecule has 0 radical (unpaired) electrons. The second-order valence-corrected chi connectivity index (χ2v) is 12.5. The van der Waals surface area contributed by atoms with Gasteiger partial charge in [0.1, 0.15) is 11.5 Å². The molecule has 0 fully saturated rings. The van der Waals surface area contributed by atoms with Gasteiger partial charge >= 0.3 is 0 Å². The highest BCUT2D eigenvalue weighted by molar-refractivity contribution is 5.09. The van der Waals surface area contributed by atoms with E-state index in [0.29, 0.717) is 51.2 Å². The molecule has 0 rings (SSSR count). The normalized spacial score (nSPS) is 14.0. The molecule has 0 aromatic rings. The van der Waals surface area contributed by atoms with E-state index in [4.69, 9.17) is 33.2 Å². The molecule has 0 aromatic carbocycles. The zero-order valence-electron chi connectivity index (χ0n) is 32.4. The van der Waals surface area contributed by atoms with Crippen LogP contribution in [0.25, 0.3) is 0 Å². The number of unbranched alkanes of at least 4 members (excludes halogenated alkanes) is 10. The molecule has 0 aliphatic heterocycles. The van der Waals surface area contributed by atoms with Crippen LogP contribution in [0, 0.1) is 0 Å². The van der Waals surface area contributed by atoms with Gasteiger partial charge in [-0.15, -0.1) is 0 Å². The molecule has 0 saturated heterocycles. The van der Waals surface area contributed by atoms with Crippen molar-refractivity contribution in [2.24, 2.45) is 0 Å². The summed E-state index contributed by atoms with van der Waals surface area (Å²) in [5.41, 5.74) is 0. The Balaban J connectivity index is 6.95. The van der Waals surface area contributed by atoms with Crippen LogP contribution in [0.15, 0.2) is 23.0 Å². The van der Waals surface area contributed by atoms with Gasteiger partial charge in [-0.2, -0.15) is 0 Å². The van der Waals surface area contributed by atoms with Crippen molar-refractivity contribution >= 4 is 0 Å². The Morgan fingerprint density at radius 1 is 0.340 bits per heavy atom. The second-order valence-electron chi connectivity index (χ2n) is 12.5. The largest absolute Gasteiger partial charge is 0.494 e. The first-order chi connectivity index (χ1) is 23.1. The quantitative estimate of drug-likeness (QED) is 0.0373. The van der Waals surface area contributed by atoms with Crippen molar-refractivity contribution in [1.82, 2.24) is 0 Å². The van der Waals surface area contributed by atoms with Gasteiger partial charge in [0, 0.05) is 12.8 Å². The van der Waals surface area contributed by atoms with Gasteiger partial charge in [0.25, 0.3) is 0 Å². The fourth-order valence-electron chi connectivity index (χ4n) is 4.78. The Labute approximate surface area is 291 Å². The second kappa shape index (κ2) is 34.4. The lowest BCUT2D eigenvalue weighted by atomic mass is 10.2. The van der Waals surface area contributed by atoms with Gasteiger partial charge in [0.05, 0.1) is 39.6 Å². The molecule has 7 heteroatoms. The van der Waals surface area contributed by atoms with Gasteiger partial charge in [-0.1, -0.05) is 120 Å². The Bertz CT molecular complexity index is 676. The highest BCUT2D eigenvalue weighted by Crippen LogP contribution is 2.28. The maximum absolute atomic E-state index is 6.95. The summed E-state index contributed by atoms with van der Waals surface area (Å²) in [6.45, 7) is 21.1. The summed E-state index contributed by atoms with van der Waals surface area (Å²) < 4.78 is 46.1. The van der Waals surface area contributed by atoms with Crippen LogP contribution in [0.3, 0.4) is 0 Å². The fourth-order valence-corrected chi connectivity index (χ4v) is 4.78. The Kier molecular flexibility index (Phi) is 33.4. The molecule has 280 valence electrons. The fraction of sp³-hybridized carbons (Fsp3) is 0.900. The van der Waals surface area contributed by atoms with Crippen molar-refractivity contribution in [2.75, 3.05) is 39.6 Å². The third-order valence-electron chi connectivity index (χ3n) is 7.77. The average Bonchev–Trinajstić information content (AvgIpc) is 3.07. The first-order valence-electron chi connectivity index (χ1n) is 19.9. The molecule has 2 unspecified atom stereocenters. The molecule has 0 bridgehead atoms. The van der Waals surface area contributed by atoms with Crippen LogP contribution in [0.2, 0.25) is 0 Å². The van der Waals surface area contributed by atoms with Gasteiger partial charge in [-0.25, -0.2) is 0 Å². The van der Waals surface area contributed by atoms with Gasteiger partial charge in [-0.3, -0.25) is 0 Å². The third-order valence-corrected chi connectivity index (χ3v) is 7.77. The van der Waals surface area contributed by atoms with Crippen LogP contribution in [-0.4, -0.2) is 52.2 Å². The number of allylic oxidation sites excluding steroid dienone is 2. The van der Waals surface area contributed by atoms with E-state index in [-0.39, 0.29) is 0 Å². The lowest BCUT2D eigenvalue weighted by Gasteiger charge is -2.30. The van der Waals surface area contributed by atoms with Gasteiger partial charge in [0.15, 0.2) is 11.5 Å². The van der Waals surface area contributed by atoms with E-state index in [0.717, 1.165) is 114 Å². The minimum atomic E-state index is -0.791. The number of ether oxygens (including phenoxy) is 7. The Hall–Kier alpha value is -1.44. The molecule has 0 N–H and O–H groups in total. The minimum absolute atomic E-state index is 0.563. The zero-order chi connectivity index (χ0) is 34.8. The predicted molar refractivity (Wildman–Crippen MR) is 196 cm³/mol. The van der Waals surface area contributed by atoms with E-state index in [1.54, 1.807) is 0 Å². The van der Waals surface area contributed by atoms with Crippen LogP contribution in [0.4, 0.5) is 0 Å². The minimum Gasteiger partial charge on any atom is -0.494 e. The molecular weight excluding hydrogens is 592 g/mol. The van der Waals surface area contributed by atoms with E-state index in [1.807, 2.05) is 0 Å². The van der Waals surface area contributed by atoms with Crippen molar-refractivity contribution in [3.63, 3.8) is 0 Å². The summed E-state index contributed by atoms with van der Waals surface area (Å²) in [5.74, 6) is 2.93. The summed E-state index contributed by atoms with van der Waals surface area (Å²) in [7, 11) is 0. The molecular formula is C40H78O7. The summed E-state index contributed by atoms with van der Waals surface area (Å²) in [6.07, 6.45) is 18.7. The SMILES string of the molecule is CCCCCCOC(OC(OCCCCCC)C(OCCCC)=C(CCC)OCCCC)C(OCCCC)=C(CCC)OCCCC. The topological polar surface area (TPSA) is 64.6 Å². The van der Waals surface area contributed by atoms with Gasteiger partial charge in [-0.05, 0) is 51.4 Å². The maximum atomic E-state index is 6.95. The predicted octanol–water partition coefficient (Wildman–Crippen LogP) is 12.1. The molecule has 0 aliphatic rings. The van der Waals surface area contributed by atoms with Crippen molar-refractivity contribution in [1.29, 1.82) is 0 Å². The summed E-state index contributed by atoms with van der Waals surface area (Å²) >= 11 is 0. The van der Waals surface area contributed by atoms with Crippen LogP contribution in [0.5, 0.6) is 0 Å². The Morgan fingerprint density at radius 2 is 0.681 bits per heavy atom. The molecule has 0 saturated carbocycles. The van der Waals surface area contributed by atoms with Crippen LogP contribution >= 0.6 is 0 Å². The molecule has 47 heavy (non-hydrogen) atoms. The van der Waals surface area contributed by atoms with Gasteiger partial charge in [0.2, 0.25) is 12.6 Å². The molecule has 0 heterocycles. The van der Waals surface area contributed by atoms with Crippen LogP contribution < -0.4 is 0 Å². The van der Waals surface area contributed by atoms with Gasteiger partial charge < -0.3 is 33.2 Å². The van der Waals surface area contributed by atoms with Crippen molar-refractivity contribution in [3.8, 4) is 0 Å². The standard InChI is InChI=1S/C40H78O7/c1-9-17-23-25-33-45-39(37(43-31-21-13-5)35(27-15-7)41-29-19-11-3)47-40(46-34-26-24-18-10-2)38(44-32-22-14-6)36(28-16-8)42-30-20-12-4/h39-40H,9-34H2,1-8H3. The first kappa shape index (κ1) is 45.6. The lowest BCUT2D eigenvalue weighted by Crippen LogP contribution is -2.34. The number of hydrogen-bond acceptors (Lipinski definition) is 7. The summed E-state index contributed by atoms with van der Waals surface area (Å²) in [5, 5.41) is 0. The highest BCUT2D eigenvalue weighted by Gasteiger charge is 2.32. The number of hydrogen-bond donors (Lipinski definition) is 0. The molecule has 0 aliphatic carbocycles. The molecule has 0 spiro atoms. The average molecular weight is 671 g/mol. The van der Waals surface area contributed by atoms with Crippen molar-refractivity contribution in [3.05, 3.63) is 23.0 Å². The third kappa shape index (κ3) is 23.5. The zero-order valence-corrected chi connectivity index (χ0v) is 32.4. The lowest BCUT2D eigenvalue weighted by molar-refractivity contribution is -0.243. The monoisotopic (exact) mass is 671 g/mol. The number of rotatable bonds is 36. The van der Waals surface area contributed by atoms with Crippen molar-refractivity contribution in [2.45, 2.75) is 196 Å². The molecule has 0 aromatic heterocycles. The summed E-state index contributed by atoms with van der Waals surface area (Å²) in [6, 6.07) is 0. The van der Waals surface area contributed by atoms with E-state index in [2.05, 4.69) is 55.4 Å². The molecule has 2 atom stereocenters. The van der Waals surface area contributed by atoms with E-state index in [1.165, 1.54) is 25.7 Å². The van der Waals surface area contributed by atoms with Crippen LogP contribution in [0.1, 0.15) is 184 Å².